The molecule has 0 aliphatic rings. The van der Waals surface area contributed by atoms with Crippen molar-refractivity contribution in [2.45, 2.75) is 18.6 Å². The molecule has 1 unspecified atom stereocenters. The molecule has 0 aromatic carbocycles. The molecular weight excluding hydrogens is 222 g/mol. The number of aromatic nitrogens is 1. The molecule has 0 saturated heterocycles. The van der Waals surface area contributed by atoms with Gasteiger partial charge in [0.2, 0.25) is 0 Å². The first kappa shape index (κ1) is 12.8. The first-order chi connectivity index (χ1) is 7.65. The molecule has 5 heteroatoms. The summed E-state index contributed by atoms with van der Waals surface area (Å²) in [6, 6.07) is 1.63. The Morgan fingerprint density at radius 3 is 3.06 bits per heavy atom. The number of nitrogen functional groups attached to an aromatic ring is 1. The summed E-state index contributed by atoms with van der Waals surface area (Å²) in [5.41, 5.74) is 6.56. The minimum atomic E-state index is -0.131. The Morgan fingerprint density at radius 2 is 2.44 bits per heavy atom. The fraction of sp³-hybridized carbons (Fsp3) is 0.455. The molecule has 0 radical (unpaired) electrons. The highest BCUT2D eigenvalue weighted by atomic mass is 32.2. The van der Waals surface area contributed by atoms with Crippen LogP contribution in [0.15, 0.2) is 18.5 Å². The normalized spacial score (nSPS) is 12.1. The van der Waals surface area contributed by atoms with E-state index >= 15 is 0 Å². The lowest BCUT2D eigenvalue weighted by Gasteiger charge is -2.09. The second kappa shape index (κ2) is 6.37. The lowest BCUT2D eigenvalue weighted by atomic mass is 10.2. The molecule has 0 saturated carbocycles. The highest BCUT2D eigenvalue weighted by Gasteiger charge is 2.08. The van der Waals surface area contributed by atoms with Gasteiger partial charge in [-0.3, -0.25) is 9.78 Å². The van der Waals surface area contributed by atoms with Crippen molar-refractivity contribution in [1.29, 1.82) is 0 Å². The van der Waals surface area contributed by atoms with E-state index in [1.54, 1.807) is 24.0 Å². The van der Waals surface area contributed by atoms with Crippen LogP contribution in [0, 0.1) is 0 Å². The van der Waals surface area contributed by atoms with E-state index in [0.717, 1.165) is 6.42 Å². The summed E-state index contributed by atoms with van der Waals surface area (Å²) < 4.78 is 0. The van der Waals surface area contributed by atoms with E-state index in [1.807, 2.05) is 0 Å². The van der Waals surface area contributed by atoms with Crippen molar-refractivity contribution in [3.05, 3.63) is 24.0 Å². The maximum Gasteiger partial charge on any atom is 0.253 e. The number of hydrogen-bond donors (Lipinski definition) is 2. The van der Waals surface area contributed by atoms with Crippen molar-refractivity contribution < 1.29 is 4.79 Å². The Balaban J connectivity index is 2.44. The Hall–Kier alpha value is -1.23. The highest BCUT2D eigenvalue weighted by molar-refractivity contribution is 7.99. The number of carbonyl (C=O) groups excluding carboxylic acids is 1. The largest absolute Gasteiger partial charge is 0.397 e. The third-order valence-electron chi connectivity index (χ3n) is 2.34. The van der Waals surface area contributed by atoms with Gasteiger partial charge in [-0.05, 0) is 18.7 Å². The van der Waals surface area contributed by atoms with Crippen LogP contribution >= 0.6 is 11.8 Å². The summed E-state index contributed by atoms with van der Waals surface area (Å²) in [4.78, 5) is 15.6. The molecule has 0 aliphatic carbocycles. The zero-order valence-corrected chi connectivity index (χ0v) is 10.4. The fourth-order valence-electron chi connectivity index (χ4n) is 1.22. The summed E-state index contributed by atoms with van der Waals surface area (Å²) in [6.45, 7) is 2.81. The number of anilines is 1. The summed E-state index contributed by atoms with van der Waals surface area (Å²) in [5, 5.41) is 3.40. The Kier molecular flexibility index (Phi) is 5.11. The van der Waals surface area contributed by atoms with Gasteiger partial charge in [-0.1, -0.05) is 6.92 Å². The van der Waals surface area contributed by atoms with Gasteiger partial charge in [0.05, 0.1) is 17.4 Å². The quantitative estimate of drug-likeness (QED) is 0.817. The molecule has 0 bridgehead atoms. The van der Waals surface area contributed by atoms with E-state index in [9.17, 15) is 4.79 Å². The molecule has 1 atom stereocenters. The zero-order chi connectivity index (χ0) is 12.0. The molecule has 88 valence electrons. The Bertz CT molecular complexity index is 357. The average molecular weight is 239 g/mol. The van der Waals surface area contributed by atoms with E-state index in [-0.39, 0.29) is 5.91 Å². The van der Waals surface area contributed by atoms with Crippen molar-refractivity contribution in [3.8, 4) is 0 Å². The molecule has 0 aliphatic heterocycles. The Morgan fingerprint density at radius 1 is 1.69 bits per heavy atom. The van der Waals surface area contributed by atoms with Crippen LogP contribution in [0.1, 0.15) is 23.7 Å². The maximum atomic E-state index is 11.7. The average Bonchev–Trinajstić information content (AvgIpc) is 2.29. The van der Waals surface area contributed by atoms with Gasteiger partial charge < -0.3 is 11.1 Å². The minimum Gasteiger partial charge on any atom is -0.397 e. The van der Waals surface area contributed by atoms with Crippen molar-refractivity contribution in [2.75, 3.05) is 18.5 Å². The smallest absolute Gasteiger partial charge is 0.253 e. The van der Waals surface area contributed by atoms with Gasteiger partial charge in [0.15, 0.2) is 0 Å². The number of nitrogens with two attached hydrogens (primary N) is 1. The number of hydrogen-bond acceptors (Lipinski definition) is 4. The van der Waals surface area contributed by atoms with Crippen molar-refractivity contribution in [3.63, 3.8) is 0 Å². The van der Waals surface area contributed by atoms with E-state index in [1.165, 1.54) is 6.20 Å². The summed E-state index contributed by atoms with van der Waals surface area (Å²) >= 11 is 1.79. The van der Waals surface area contributed by atoms with E-state index in [2.05, 4.69) is 23.5 Å². The lowest BCUT2D eigenvalue weighted by Crippen LogP contribution is -2.26. The van der Waals surface area contributed by atoms with Gasteiger partial charge in [0.1, 0.15) is 0 Å². The first-order valence-electron chi connectivity index (χ1n) is 5.15. The van der Waals surface area contributed by atoms with Gasteiger partial charge in [-0.25, -0.2) is 0 Å². The van der Waals surface area contributed by atoms with Crippen LogP contribution in [0.5, 0.6) is 0 Å². The molecule has 0 spiro atoms. The summed E-state index contributed by atoms with van der Waals surface area (Å²) in [6.07, 6.45) is 6.07. The van der Waals surface area contributed by atoms with Crippen LogP contribution < -0.4 is 11.1 Å². The molecule has 0 fully saturated rings. The van der Waals surface area contributed by atoms with Crippen molar-refractivity contribution >= 4 is 23.4 Å². The molecule has 1 amide bonds. The number of rotatable bonds is 5. The van der Waals surface area contributed by atoms with E-state index < -0.39 is 0 Å². The van der Waals surface area contributed by atoms with Crippen LogP contribution in [0.25, 0.3) is 0 Å². The molecule has 1 heterocycles. The van der Waals surface area contributed by atoms with E-state index in [0.29, 0.717) is 23.0 Å². The number of thioether (sulfide) groups is 1. The van der Waals surface area contributed by atoms with Crippen molar-refractivity contribution in [1.82, 2.24) is 10.3 Å². The van der Waals surface area contributed by atoms with Crippen LogP contribution in [0.4, 0.5) is 5.69 Å². The fourth-order valence-corrected chi connectivity index (χ4v) is 1.57. The maximum absolute atomic E-state index is 11.7. The molecule has 1 rings (SSSR count). The van der Waals surface area contributed by atoms with Crippen LogP contribution in [0.2, 0.25) is 0 Å². The third-order valence-corrected chi connectivity index (χ3v) is 3.38. The number of carbonyl (C=O) groups is 1. The van der Waals surface area contributed by atoms with Gasteiger partial charge in [-0.15, -0.1) is 0 Å². The minimum absolute atomic E-state index is 0.131. The van der Waals surface area contributed by atoms with Crippen LogP contribution in [-0.4, -0.2) is 28.9 Å². The predicted molar refractivity (Wildman–Crippen MR) is 68.6 cm³/mol. The monoisotopic (exact) mass is 239 g/mol. The zero-order valence-electron chi connectivity index (χ0n) is 9.56. The molecular formula is C11H17N3OS. The highest BCUT2D eigenvalue weighted by Crippen LogP contribution is 2.10. The SMILES string of the molecule is CSC(C)CCNC(=O)c1ccncc1N. The van der Waals surface area contributed by atoms with E-state index in [4.69, 9.17) is 5.73 Å². The molecule has 1 aromatic rings. The first-order valence-corrected chi connectivity index (χ1v) is 6.44. The summed E-state index contributed by atoms with van der Waals surface area (Å²) in [7, 11) is 0. The second-order valence-corrected chi connectivity index (χ2v) is 4.83. The molecule has 4 nitrogen and oxygen atoms in total. The number of nitrogens with one attached hydrogen (secondary N) is 1. The van der Waals surface area contributed by atoms with Gasteiger partial charge in [0.25, 0.3) is 5.91 Å². The number of amides is 1. The van der Waals surface area contributed by atoms with Gasteiger partial charge in [-0.2, -0.15) is 11.8 Å². The third kappa shape index (κ3) is 3.73. The predicted octanol–water partition coefficient (Wildman–Crippen LogP) is 1.54. The van der Waals surface area contributed by atoms with Gasteiger partial charge in [0, 0.05) is 18.0 Å². The number of nitrogens with zero attached hydrogens (tertiary/aromatic N) is 1. The topological polar surface area (TPSA) is 68.0 Å². The van der Waals surface area contributed by atoms with Crippen LogP contribution in [0.3, 0.4) is 0 Å². The van der Waals surface area contributed by atoms with Crippen LogP contribution in [-0.2, 0) is 0 Å². The number of pyridine rings is 1. The Labute approximate surface area is 100 Å². The van der Waals surface area contributed by atoms with Crippen molar-refractivity contribution in [2.24, 2.45) is 0 Å². The lowest BCUT2D eigenvalue weighted by molar-refractivity contribution is 0.0954. The van der Waals surface area contributed by atoms with Gasteiger partial charge >= 0.3 is 0 Å². The standard InChI is InChI=1S/C11H17N3OS/c1-8(16-2)3-6-14-11(15)9-4-5-13-7-10(9)12/h4-5,7-8H,3,6,12H2,1-2H3,(H,14,15). The second-order valence-electron chi connectivity index (χ2n) is 3.55. The molecule has 16 heavy (non-hydrogen) atoms. The molecule has 3 N–H and O–H groups in total. The summed E-state index contributed by atoms with van der Waals surface area (Å²) in [5.74, 6) is -0.131. The molecule has 1 aromatic heterocycles.